The van der Waals surface area contributed by atoms with E-state index in [2.05, 4.69) is 26.1 Å². The summed E-state index contributed by atoms with van der Waals surface area (Å²) in [5.74, 6) is 0.0795. The Morgan fingerprint density at radius 2 is 1.85 bits per heavy atom. The molecular formula is C10H23N3. The van der Waals surface area contributed by atoms with Crippen LogP contribution in [0.25, 0.3) is 0 Å². The molecule has 13 heavy (non-hydrogen) atoms. The van der Waals surface area contributed by atoms with Crippen molar-refractivity contribution in [1.82, 2.24) is 5.32 Å². The zero-order chi connectivity index (χ0) is 10.3. The van der Waals surface area contributed by atoms with Crippen molar-refractivity contribution in [3.63, 3.8) is 0 Å². The summed E-state index contributed by atoms with van der Waals surface area (Å²) in [7, 11) is 0. The van der Waals surface area contributed by atoms with Gasteiger partial charge >= 0.3 is 0 Å². The van der Waals surface area contributed by atoms with Crippen molar-refractivity contribution in [1.29, 1.82) is 5.41 Å². The summed E-state index contributed by atoms with van der Waals surface area (Å²) in [6.45, 7) is 7.63. The maximum atomic E-state index is 6.94. The van der Waals surface area contributed by atoms with E-state index in [1.165, 1.54) is 19.3 Å². The van der Waals surface area contributed by atoms with Crippen molar-refractivity contribution >= 4 is 5.96 Å². The fourth-order valence-corrected chi connectivity index (χ4v) is 1.18. The van der Waals surface area contributed by atoms with Crippen LogP contribution < -0.4 is 11.1 Å². The van der Waals surface area contributed by atoms with Crippen molar-refractivity contribution in [3.8, 4) is 0 Å². The standard InChI is InChI=1S/C10H23N3/c1-10(2,3)7-5-4-6-8-13-9(11)12/h4-8H2,1-3H3,(H4,11,12,13). The van der Waals surface area contributed by atoms with E-state index >= 15 is 0 Å². The minimum atomic E-state index is 0.0795. The Labute approximate surface area is 81.6 Å². The molecule has 0 spiro atoms. The van der Waals surface area contributed by atoms with Gasteiger partial charge in [-0.25, -0.2) is 0 Å². The highest BCUT2D eigenvalue weighted by Gasteiger charge is 2.08. The second kappa shape index (κ2) is 5.84. The lowest BCUT2D eigenvalue weighted by Crippen LogP contribution is -2.30. The topological polar surface area (TPSA) is 61.9 Å². The highest BCUT2D eigenvalue weighted by Crippen LogP contribution is 2.21. The van der Waals surface area contributed by atoms with Crippen LogP contribution in [0.1, 0.15) is 46.5 Å². The highest BCUT2D eigenvalue weighted by atomic mass is 15.0. The molecule has 0 unspecified atom stereocenters. The van der Waals surface area contributed by atoms with Crippen molar-refractivity contribution < 1.29 is 0 Å². The lowest BCUT2D eigenvalue weighted by molar-refractivity contribution is 0.358. The fourth-order valence-electron chi connectivity index (χ4n) is 1.18. The summed E-state index contributed by atoms with van der Waals surface area (Å²) in [6, 6.07) is 0. The first-order chi connectivity index (χ1) is 5.92. The Morgan fingerprint density at radius 3 is 2.31 bits per heavy atom. The smallest absolute Gasteiger partial charge is 0.185 e. The number of nitrogens with two attached hydrogens (primary N) is 1. The molecule has 0 aromatic carbocycles. The first-order valence-electron chi connectivity index (χ1n) is 5.00. The quantitative estimate of drug-likeness (QED) is 0.349. The van der Waals surface area contributed by atoms with Gasteiger partial charge in [0.25, 0.3) is 0 Å². The predicted molar refractivity (Wildman–Crippen MR) is 57.8 cm³/mol. The molecule has 0 amide bonds. The largest absolute Gasteiger partial charge is 0.370 e. The Bertz CT molecular complexity index is 147. The molecule has 0 bridgehead atoms. The van der Waals surface area contributed by atoms with Crippen molar-refractivity contribution in [2.24, 2.45) is 11.1 Å². The molecular weight excluding hydrogens is 162 g/mol. The first-order valence-corrected chi connectivity index (χ1v) is 5.00. The molecule has 0 aliphatic carbocycles. The molecule has 0 aliphatic heterocycles. The van der Waals surface area contributed by atoms with E-state index in [-0.39, 0.29) is 5.96 Å². The number of hydrogen-bond donors (Lipinski definition) is 3. The third-order valence-corrected chi connectivity index (χ3v) is 1.92. The maximum Gasteiger partial charge on any atom is 0.185 e. The van der Waals surface area contributed by atoms with E-state index in [1.54, 1.807) is 0 Å². The van der Waals surface area contributed by atoms with Crippen LogP contribution in [0.3, 0.4) is 0 Å². The van der Waals surface area contributed by atoms with Gasteiger partial charge in [0.15, 0.2) is 5.96 Å². The van der Waals surface area contributed by atoms with E-state index in [0.29, 0.717) is 5.41 Å². The van der Waals surface area contributed by atoms with Gasteiger partial charge in [-0.15, -0.1) is 0 Å². The van der Waals surface area contributed by atoms with Gasteiger partial charge in [-0.3, -0.25) is 5.41 Å². The number of unbranched alkanes of at least 4 members (excludes halogenated alkanes) is 2. The zero-order valence-electron chi connectivity index (χ0n) is 9.11. The average Bonchev–Trinajstić information content (AvgIpc) is 1.93. The molecule has 0 fully saturated rings. The van der Waals surface area contributed by atoms with Crippen LogP contribution in [-0.2, 0) is 0 Å². The van der Waals surface area contributed by atoms with Gasteiger partial charge < -0.3 is 11.1 Å². The predicted octanol–water partition coefficient (Wildman–Crippen LogP) is 2.08. The van der Waals surface area contributed by atoms with Crippen molar-refractivity contribution in [3.05, 3.63) is 0 Å². The number of guanidine groups is 1. The highest BCUT2D eigenvalue weighted by molar-refractivity contribution is 5.74. The van der Waals surface area contributed by atoms with Gasteiger partial charge in [-0.05, 0) is 18.3 Å². The minimum Gasteiger partial charge on any atom is -0.370 e. The van der Waals surface area contributed by atoms with Gasteiger partial charge in [0, 0.05) is 6.54 Å². The van der Waals surface area contributed by atoms with Crippen LogP contribution in [0, 0.1) is 10.8 Å². The molecule has 0 heterocycles. The average molecular weight is 185 g/mol. The molecule has 0 saturated carbocycles. The molecule has 0 aromatic rings. The number of hydrogen-bond acceptors (Lipinski definition) is 1. The minimum absolute atomic E-state index is 0.0795. The van der Waals surface area contributed by atoms with Gasteiger partial charge in [-0.2, -0.15) is 0 Å². The van der Waals surface area contributed by atoms with Gasteiger partial charge in [-0.1, -0.05) is 33.6 Å². The molecule has 3 heteroatoms. The molecule has 4 N–H and O–H groups in total. The molecule has 78 valence electrons. The molecule has 0 aliphatic rings. The summed E-state index contributed by atoms with van der Waals surface area (Å²) in [5, 5.41) is 9.74. The van der Waals surface area contributed by atoms with E-state index < -0.39 is 0 Å². The van der Waals surface area contributed by atoms with Crippen molar-refractivity contribution in [2.75, 3.05) is 6.54 Å². The second-order valence-corrected chi connectivity index (χ2v) is 4.71. The molecule has 3 nitrogen and oxygen atoms in total. The normalized spacial score (nSPS) is 11.3. The molecule has 0 saturated heterocycles. The number of rotatable bonds is 5. The van der Waals surface area contributed by atoms with Crippen LogP contribution in [0.15, 0.2) is 0 Å². The lowest BCUT2D eigenvalue weighted by Gasteiger charge is -2.17. The lowest BCUT2D eigenvalue weighted by atomic mass is 9.89. The van der Waals surface area contributed by atoms with Crippen LogP contribution in [0.5, 0.6) is 0 Å². The van der Waals surface area contributed by atoms with E-state index in [9.17, 15) is 0 Å². The third-order valence-electron chi connectivity index (χ3n) is 1.92. The molecule has 0 radical (unpaired) electrons. The Hall–Kier alpha value is -0.730. The zero-order valence-corrected chi connectivity index (χ0v) is 9.11. The second-order valence-electron chi connectivity index (χ2n) is 4.71. The monoisotopic (exact) mass is 185 g/mol. The van der Waals surface area contributed by atoms with Crippen LogP contribution in [0.2, 0.25) is 0 Å². The Kier molecular flexibility index (Phi) is 5.51. The summed E-state index contributed by atoms with van der Waals surface area (Å²) in [4.78, 5) is 0. The Balaban J connectivity index is 3.13. The third kappa shape index (κ3) is 11.3. The number of nitrogens with one attached hydrogen (secondary N) is 2. The summed E-state index contributed by atoms with van der Waals surface area (Å²) in [6.07, 6.45) is 4.86. The summed E-state index contributed by atoms with van der Waals surface area (Å²) < 4.78 is 0. The van der Waals surface area contributed by atoms with Crippen LogP contribution in [-0.4, -0.2) is 12.5 Å². The summed E-state index contributed by atoms with van der Waals surface area (Å²) >= 11 is 0. The van der Waals surface area contributed by atoms with E-state index in [1.807, 2.05) is 0 Å². The van der Waals surface area contributed by atoms with E-state index in [4.69, 9.17) is 11.1 Å². The molecule has 0 atom stereocenters. The van der Waals surface area contributed by atoms with Crippen LogP contribution >= 0.6 is 0 Å². The van der Waals surface area contributed by atoms with Crippen molar-refractivity contribution in [2.45, 2.75) is 46.5 Å². The molecule has 0 rings (SSSR count). The van der Waals surface area contributed by atoms with Gasteiger partial charge in [0.1, 0.15) is 0 Å². The van der Waals surface area contributed by atoms with Gasteiger partial charge in [0.2, 0.25) is 0 Å². The summed E-state index contributed by atoms with van der Waals surface area (Å²) in [5.41, 5.74) is 5.60. The SMILES string of the molecule is CC(C)(C)CCCCCNC(=N)N. The van der Waals surface area contributed by atoms with Crippen LogP contribution in [0.4, 0.5) is 0 Å². The van der Waals surface area contributed by atoms with E-state index in [0.717, 1.165) is 13.0 Å². The first kappa shape index (κ1) is 12.3. The Morgan fingerprint density at radius 1 is 1.23 bits per heavy atom. The fraction of sp³-hybridized carbons (Fsp3) is 0.900. The molecule has 0 aromatic heterocycles. The van der Waals surface area contributed by atoms with Gasteiger partial charge in [0.05, 0.1) is 0 Å². The maximum absolute atomic E-state index is 6.94.